The molecule has 194 valence electrons. The molecule has 10 nitrogen and oxygen atoms in total. The lowest BCUT2D eigenvalue weighted by atomic mass is 10.0. The fourth-order valence-electron chi connectivity index (χ4n) is 4.88. The van der Waals surface area contributed by atoms with E-state index in [-0.39, 0.29) is 12.1 Å². The molecule has 3 aromatic rings. The van der Waals surface area contributed by atoms with Gasteiger partial charge >= 0.3 is 6.03 Å². The number of anilines is 3. The van der Waals surface area contributed by atoms with Gasteiger partial charge in [-0.15, -0.1) is 0 Å². The minimum Gasteiger partial charge on any atom is -0.377 e. The quantitative estimate of drug-likeness (QED) is 0.546. The molecule has 0 saturated carbocycles. The third kappa shape index (κ3) is 5.48. The average molecular weight is 503 g/mol. The molecule has 2 aliphatic heterocycles. The SMILES string of the molecule is CCNC(=O)Nc1ccc(-c2nc3c(c(N4CCOC[C@@H]4C)n2)CCN(c2nc(C)cc(C)n2)C3)cc1. The second-order valence-corrected chi connectivity index (χ2v) is 9.60. The molecule has 1 saturated heterocycles. The smallest absolute Gasteiger partial charge is 0.319 e. The van der Waals surface area contributed by atoms with Crippen LogP contribution < -0.4 is 20.4 Å². The Morgan fingerprint density at radius 1 is 1.08 bits per heavy atom. The maximum absolute atomic E-state index is 11.9. The van der Waals surface area contributed by atoms with Crippen LogP contribution in [0.1, 0.15) is 36.5 Å². The number of carbonyl (C=O) groups is 1. The maximum atomic E-state index is 11.9. The van der Waals surface area contributed by atoms with Gasteiger partial charge in [-0.3, -0.25) is 0 Å². The van der Waals surface area contributed by atoms with Crippen molar-refractivity contribution in [2.24, 2.45) is 0 Å². The first-order valence-electron chi connectivity index (χ1n) is 12.9. The Morgan fingerprint density at radius 2 is 1.84 bits per heavy atom. The van der Waals surface area contributed by atoms with E-state index < -0.39 is 0 Å². The topological polar surface area (TPSA) is 108 Å². The van der Waals surface area contributed by atoms with Crippen LogP contribution in [0.25, 0.3) is 11.4 Å². The summed E-state index contributed by atoms with van der Waals surface area (Å²) in [6.45, 7) is 12.2. The summed E-state index contributed by atoms with van der Waals surface area (Å²) in [5.41, 5.74) is 5.71. The molecule has 0 radical (unpaired) electrons. The Hall–Kier alpha value is -3.79. The average Bonchev–Trinajstić information content (AvgIpc) is 2.88. The molecule has 1 fully saturated rings. The Bertz CT molecular complexity index is 1260. The van der Waals surface area contributed by atoms with E-state index in [9.17, 15) is 4.79 Å². The minimum absolute atomic E-state index is 0.224. The number of morpholine rings is 1. The molecular weight excluding hydrogens is 468 g/mol. The van der Waals surface area contributed by atoms with Crippen LogP contribution in [0.3, 0.4) is 0 Å². The lowest BCUT2D eigenvalue weighted by Crippen LogP contribution is -2.45. The summed E-state index contributed by atoms with van der Waals surface area (Å²) in [5.74, 6) is 2.40. The number of carbonyl (C=O) groups excluding carboxylic acids is 1. The van der Waals surface area contributed by atoms with E-state index in [4.69, 9.17) is 14.7 Å². The van der Waals surface area contributed by atoms with Crippen LogP contribution in [0.2, 0.25) is 0 Å². The number of rotatable bonds is 5. The van der Waals surface area contributed by atoms with Crippen molar-refractivity contribution >= 4 is 23.5 Å². The molecule has 0 unspecified atom stereocenters. The van der Waals surface area contributed by atoms with Crippen molar-refractivity contribution in [2.75, 3.05) is 48.0 Å². The zero-order valence-electron chi connectivity index (χ0n) is 21.9. The van der Waals surface area contributed by atoms with Crippen LogP contribution >= 0.6 is 0 Å². The largest absolute Gasteiger partial charge is 0.377 e. The molecule has 5 rings (SSSR count). The van der Waals surface area contributed by atoms with Crippen molar-refractivity contribution in [1.29, 1.82) is 0 Å². The van der Waals surface area contributed by atoms with Crippen molar-refractivity contribution < 1.29 is 9.53 Å². The Morgan fingerprint density at radius 3 is 2.54 bits per heavy atom. The zero-order valence-corrected chi connectivity index (χ0v) is 21.9. The lowest BCUT2D eigenvalue weighted by molar-refractivity contribution is 0.0984. The van der Waals surface area contributed by atoms with Gasteiger partial charge in [0.2, 0.25) is 5.95 Å². The fourth-order valence-corrected chi connectivity index (χ4v) is 4.88. The first-order valence-corrected chi connectivity index (χ1v) is 12.9. The number of hydrogen-bond acceptors (Lipinski definition) is 8. The van der Waals surface area contributed by atoms with E-state index in [2.05, 4.69) is 37.3 Å². The number of nitrogens with zero attached hydrogens (tertiary/aromatic N) is 6. The van der Waals surface area contributed by atoms with Gasteiger partial charge in [0, 0.05) is 47.8 Å². The van der Waals surface area contributed by atoms with Crippen molar-refractivity contribution in [3.63, 3.8) is 0 Å². The summed E-state index contributed by atoms with van der Waals surface area (Å²) in [6.07, 6.45) is 0.820. The zero-order chi connectivity index (χ0) is 25.9. The summed E-state index contributed by atoms with van der Waals surface area (Å²) in [4.78, 5) is 35.9. The van der Waals surface area contributed by atoms with Gasteiger partial charge in [0.05, 0.1) is 31.5 Å². The van der Waals surface area contributed by atoms with Crippen molar-refractivity contribution in [3.05, 3.63) is 53.0 Å². The van der Waals surface area contributed by atoms with Crippen LogP contribution in [0.5, 0.6) is 0 Å². The van der Waals surface area contributed by atoms with E-state index in [1.807, 2.05) is 51.1 Å². The maximum Gasteiger partial charge on any atom is 0.319 e. The van der Waals surface area contributed by atoms with E-state index in [1.54, 1.807) is 0 Å². The van der Waals surface area contributed by atoms with Crippen LogP contribution in [0.15, 0.2) is 30.3 Å². The number of fused-ring (bicyclic) bond motifs is 1. The molecule has 0 bridgehead atoms. The van der Waals surface area contributed by atoms with Gasteiger partial charge < -0.3 is 25.2 Å². The molecule has 1 aromatic carbocycles. The number of aromatic nitrogens is 4. The van der Waals surface area contributed by atoms with Gasteiger partial charge in [-0.05, 0) is 64.4 Å². The number of nitrogens with one attached hydrogen (secondary N) is 2. The Labute approximate surface area is 217 Å². The summed E-state index contributed by atoms with van der Waals surface area (Å²) < 4.78 is 5.70. The molecule has 37 heavy (non-hydrogen) atoms. The van der Waals surface area contributed by atoms with E-state index in [0.717, 1.165) is 53.9 Å². The fraction of sp³-hybridized carbons (Fsp3) is 0.444. The molecular formula is C27H34N8O2. The third-order valence-electron chi connectivity index (χ3n) is 6.67. The van der Waals surface area contributed by atoms with Crippen LogP contribution in [0.4, 0.5) is 22.2 Å². The monoisotopic (exact) mass is 502 g/mol. The number of benzene rings is 1. The van der Waals surface area contributed by atoms with Gasteiger partial charge in [-0.1, -0.05) is 0 Å². The van der Waals surface area contributed by atoms with Gasteiger partial charge in [0.1, 0.15) is 5.82 Å². The first kappa shape index (κ1) is 24.9. The van der Waals surface area contributed by atoms with Crippen molar-refractivity contribution in [1.82, 2.24) is 25.3 Å². The van der Waals surface area contributed by atoms with Gasteiger partial charge in [-0.2, -0.15) is 0 Å². The highest BCUT2D eigenvalue weighted by atomic mass is 16.5. The van der Waals surface area contributed by atoms with Crippen molar-refractivity contribution in [3.8, 4) is 11.4 Å². The number of aryl methyl sites for hydroxylation is 2. The number of amides is 2. The number of urea groups is 1. The van der Waals surface area contributed by atoms with Gasteiger partial charge in [0.15, 0.2) is 5.82 Å². The molecule has 2 aromatic heterocycles. The predicted molar refractivity (Wildman–Crippen MR) is 144 cm³/mol. The van der Waals surface area contributed by atoms with E-state index in [0.29, 0.717) is 37.8 Å². The minimum atomic E-state index is -0.224. The molecule has 4 heterocycles. The molecule has 1 atom stereocenters. The van der Waals surface area contributed by atoms with Crippen LogP contribution in [0, 0.1) is 13.8 Å². The summed E-state index contributed by atoms with van der Waals surface area (Å²) in [5, 5.41) is 5.58. The molecule has 10 heteroatoms. The second-order valence-electron chi connectivity index (χ2n) is 9.60. The highest BCUT2D eigenvalue weighted by molar-refractivity contribution is 5.89. The Balaban J connectivity index is 1.50. The van der Waals surface area contributed by atoms with Crippen LogP contribution in [-0.2, 0) is 17.7 Å². The standard InChI is InChI=1S/C27H34N8O2/c1-5-28-27(36)31-21-8-6-20(7-9-21)24-32-23-15-34(26-29-17(2)14-18(3)30-26)11-10-22(23)25(33-24)35-12-13-37-16-19(35)4/h6-9,14,19H,5,10-13,15-16H2,1-4H3,(H2,28,31,36)/t19-/m0/s1. The summed E-state index contributed by atoms with van der Waals surface area (Å²) in [7, 11) is 0. The molecule has 2 aliphatic rings. The summed E-state index contributed by atoms with van der Waals surface area (Å²) >= 11 is 0. The first-order chi connectivity index (χ1) is 17.9. The van der Waals surface area contributed by atoms with Gasteiger partial charge in [-0.25, -0.2) is 24.7 Å². The summed E-state index contributed by atoms with van der Waals surface area (Å²) in [6, 6.07) is 9.64. The number of ether oxygens (including phenoxy) is 1. The highest BCUT2D eigenvalue weighted by Gasteiger charge is 2.29. The van der Waals surface area contributed by atoms with Crippen LogP contribution in [-0.4, -0.2) is 64.9 Å². The molecule has 0 aliphatic carbocycles. The molecule has 2 N–H and O–H groups in total. The normalized spacial score (nSPS) is 17.4. The lowest BCUT2D eigenvalue weighted by Gasteiger charge is -2.38. The number of hydrogen-bond donors (Lipinski definition) is 2. The highest BCUT2D eigenvalue weighted by Crippen LogP contribution is 2.32. The van der Waals surface area contributed by atoms with E-state index in [1.165, 1.54) is 5.56 Å². The van der Waals surface area contributed by atoms with Gasteiger partial charge in [0.25, 0.3) is 0 Å². The Kier molecular flexibility index (Phi) is 7.18. The molecule has 2 amide bonds. The van der Waals surface area contributed by atoms with Crippen molar-refractivity contribution in [2.45, 2.75) is 46.7 Å². The predicted octanol–water partition coefficient (Wildman–Crippen LogP) is 3.48. The van der Waals surface area contributed by atoms with E-state index >= 15 is 0 Å². The second kappa shape index (κ2) is 10.7. The molecule has 0 spiro atoms. The third-order valence-corrected chi connectivity index (χ3v) is 6.67.